The fourth-order valence-corrected chi connectivity index (χ4v) is 1.96. The summed E-state index contributed by atoms with van der Waals surface area (Å²) in [7, 11) is 0. The Balaban J connectivity index is 2.16. The van der Waals surface area contributed by atoms with Crippen molar-refractivity contribution in [1.82, 2.24) is 4.98 Å². The Morgan fingerprint density at radius 1 is 1.24 bits per heavy atom. The van der Waals surface area contributed by atoms with Crippen molar-refractivity contribution in [2.75, 3.05) is 11.4 Å². The third-order valence-corrected chi connectivity index (χ3v) is 3.10. The summed E-state index contributed by atoms with van der Waals surface area (Å²) in [6.07, 6.45) is 1.77. The number of nitrogens with zero attached hydrogens (tertiary/aromatic N) is 2. The molecule has 5 heteroatoms. The van der Waals surface area contributed by atoms with E-state index in [-0.39, 0.29) is 12.2 Å². The van der Waals surface area contributed by atoms with Gasteiger partial charge >= 0.3 is 5.97 Å². The molecule has 0 saturated heterocycles. The molecule has 1 N–H and O–H groups in total. The van der Waals surface area contributed by atoms with Gasteiger partial charge in [-0.05, 0) is 36.2 Å². The minimum atomic E-state index is -0.855. The van der Waals surface area contributed by atoms with Crippen LogP contribution < -0.4 is 4.90 Å². The molecule has 0 radical (unpaired) electrons. The van der Waals surface area contributed by atoms with E-state index in [4.69, 9.17) is 5.11 Å². The molecule has 0 bridgehead atoms. The molecule has 0 saturated carbocycles. The minimum Gasteiger partial charge on any atom is -0.481 e. The average molecular weight is 288 g/mol. The Morgan fingerprint density at radius 3 is 2.52 bits per heavy atom. The zero-order chi connectivity index (χ0) is 15.2. The molecule has 0 unspecified atom stereocenters. The van der Waals surface area contributed by atoms with Crippen molar-refractivity contribution >= 4 is 11.8 Å². The number of hydrogen-bond acceptors (Lipinski definition) is 3. The van der Waals surface area contributed by atoms with Crippen molar-refractivity contribution in [2.45, 2.75) is 19.9 Å². The molecule has 0 fully saturated rings. The highest BCUT2D eigenvalue weighted by Gasteiger charge is 2.11. The van der Waals surface area contributed by atoms with Crippen molar-refractivity contribution in [3.05, 3.63) is 59.5 Å². The number of halogens is 1. The fourth-order valence-electron chi connectivity index (χ4n) is 1.96. The van der Waals surface area contributed by atoms with Crippen molar-refractivity contribution in [3.8, 4) is 0 Å². The summed E-state index contributed by atoms with van der Waals surface area (Å²) in [5.41, 5.74) is 1.95. The number of carbonyl (C=O) groups is 1. The maximum atomic E-state index is 12.9. The lowest BCUT2D eigenvalue weighted by atomic mass is 10.2. The molecule has 1 aromatic carbocycles. The molecule has 0 aliphatic heterocycles. The normalized spacial score (nSPS) is 10.4. The van der Waals surface area contributed by atoms with Gasteiger partial charge in [0.15, 0.2) is 0 Å². The van der Waals surface area contributed by atoms with Crippen LogP contribution in [0.4, 0.5) is 10.2 Å². The van der Waals surface area contributed by atoms with Crippen LogP contribution in [0, 0.1) is 12.7 Å². The second-order valence-electron chi connectivity index (χ2n) is 4.89. The highest BCUT2D eigenvalue weighted by molar-refractivity contribution is 5.67. The van der Waals surface area contributed by atoms with E-state index in [0.717, 1.165) is 11.1 Å². The molecule has 2 aromatic rings. The van der Waals surface area contributed by atoms with E-state index in [1.807, 2.05) is 24.0 Å². The summed E-state index contributed by atoms with van der Waals surface area (Å²) in [6, 6.07) is 9.97. The number of rotatable bonds is 6. The number of carboxylic acids is 1. The molecule has 0 amide bonds. The number of aliphatic carboxylic acids is 1. The first-order valence-electron chi connectivity index (χ1n) is 6.68. The summed E-state index contributed by atoms with van der Waals surface area (Å²) in [5, 5.41) is 8.86. The lowest BCUT2D eigenvalue weighted by molar-refractivity contribution is -0.136. The molecule has 0 atom stereocenters. The van der Waals surface area contributed by atoms with Crippen LogP contribution in [0.1, 0.15) is 17.5 Å². The van der Waals surface area contributed by atoms with E-state index in [1.165, 1.54) is 12.1 Å². The first-order chi connectivity index (χ1) is 10.0. The van der Waals surface area contributed by atoms with E-state index < -0.39 is 5.97 Å². The van der Waals surface area contributed by atoms with Gasteiger partial charge < -0.3 is 10.0 Å². The topological polar surface area (TPSA) is 53.4 Å². The highest BCUT2D eigenvalue weighted by Crippen LogP contribution is 2.16. The van der Waals surface area contributed by atoms with Crippen molar-refractivity contribution < 1.29 is 14.3 Å². The van der Waals surface area contributed by atoms with Crippen LogP contribution in [0.2, 0.25) is 0 Å². The summed E-state index contributed by atoms with van der Waals surface area (Å²) in [4.78, 5) is 17.0. The maximum Gasteiger partial charge on any atom is 0.305 e. The van der Waals surface area contributed by atoms with Gasteiger partial charge in [0.25, 0.3) is 0 Å². The van der Waals surface area contributed by atoms with Gasteiger partial charge in [-0.1, -0.05) is 18.2 Å². The van der Waals surface area contributed by atoms with E-state index in [0.29, 0.717) is 18.9 Å². The zero-order valence-electron chi connectivity index (χ0n) is 11.8. The van der Waals surface area contributed by atoms with Crippen molar-refractivity contribution in [2.24, 2.45) is 0 Å². The molecule has 0 aliphatic rings. The summed E-state index contributed by atoms with van der Waals surface area (Å²) in [5.74, 6) is -0.429. The highest BCUT2D eigenvalue weighted by atomic mass is 19.1. The Bertz CT molecular complexity index is 597. The van der Waals surface area contributed by atoms with Gasteiger partial charge in [-0.25, -0.2) is 9.37 Å². The molecule has 0 aliphatic carbocycles. The second-order valence-corrected chi connectivity index (χ2v) is 4.89. The average Bonchev–Trinajstić information content (AvgIpc) is 2.46. The number of hydrogen-bond donors (Lipinski definition) is 1. The first kappa shape index (κ1) is 15.0. The number of aryl methyl sites for hydroxylation is 1. The third kappa shape index (κ3) is 4.56. The predicted molar refractivity (Wildman–Crippen MR) is 78.7 cm³/mol. The van der Waals surface area contributed by atoms with Crippen LogP contribution in [-0.4, -0.2) is 22.6 Å². The van der Waals surface area contributed by atoms with Crippen LogP contribution in [0.5, 0.6) is 0 Å². The zero-order valence-corrected chi connectivity index (χ0v) is 11.8. The third-order valence-electron chi connectivity index (χ3n) is 3.10. The SMILES string of the molecule is Cc1ccc(N(CCC(=O)O)Cc2ccc(F)cc2)nc1. The van der Waals surface area contributed by atoms with Crippen LogP contribution in [0.15, 0.2) is 42.6 Å². The molecule has 21 heavy (non-hydrogen) atoms. The lowest BCUT2D eigenvalue weighted by Crippen LogP contribution is -2.26. The Kier molecular flexibility index (Phi) is 4.87. The predicted octanol–water partition coefficient (Wildman–Crippen LogP) is 3.01. The van der Waals surface area contributed by atoms with Crippen LogP contribution in [0.3, 0.4) is 0 Å². The number of pyridine rings is 1. The summed E-state index contributed by atoms with van der Waals surface area (Å²) in [6.45, 7) is 2.78. The minimum absolute atomic E-state index is 0.0246. The number of carboxylic acid groups (broad SMARTS) is 1. The standard InChI is InChI=1S/C16H17FN2O2/c1-12-2-7-15(18-10-12)19(9-8-16(20)21)11-13-3-5-14(17)6-4-13/h2-7,10H,8-9,11H2,1H3,(H,20,21). The first-order valence-corrected chi connectivity index (χ1v) is 6.68. The number of anilines is 1. The molecule has 110 valence electrons. The Labute approximate surface area is 122 Å². The summed E-state index contributed by atoms with van der Waals surface area (Å²) >= 11 is 0. The lowest BCUT2D eigenvalue weighted by Gasteiger charge is -2.23. The van der Waals surface area contributed by atoms with Gasteiger partial charge in [-0.2, -0.15) is 0 Å². The molecular weight excluding hydrogens is 271 g/mol. The van der Waals surface area contributed by atoms with Gasteiger partial charge in [0.2, 0.25) is 0 Å². The molecule has 2 rings (SSSR count). The number of benzene rings is 1. The van der Waals surface area contributed by atoms with E-state index in [1.54, 1.807) is 18.3 Å². The van der Waals surface area contributed by atoms with Crippen LogP contribution in [0.25, 0.3) is 0 Å². The van der Waals surface area contributed by atoms with Crippen LogP contribution >= 0.6 is 0 Å². The molecule has 1 aromatic heterocycles. The quantitative estimate of drug-likeness (QED) is 0.887. The monoisotopic (exact) mass is 288 g/mol. The molecular formula is C16H17FN2O2. The van der Waals surface area contributed by atoms with Gasteiger partial charge in [0, 0.05) is 19.3 Å². The second kappa shape index (κ2) is 6.83. The van der Waals surface area contributed by atoms with Crippen molar-refractivity contribution in [1.29, 1.82) is 0 Å². The fraction of sp³-hybridized carbons (Fsp3) is 0.250. The molecule has 4 nitrogen and oxygen atoms in total. The van der Waals surface area contributed by atoms with Crippen LogP contribution in [-0.2, 0) is 11.3 Å². The van der Waals surface area contributed by atoms with E-state index in [9.17, 15) is 9.18 Å². The van der Waals surface area contributed by atoms with E-state index in [2.05, 4.69) is 4.98 Å². The van der Waals surface area contributed by atoms with Gasteiger partial charge in [0.05, 0.1) is 6.42 Å². The smallest absolute Gasteiger partial charge is 0.305 e. The largest absolute Gasteiger partial charge is 0.481 e. The maximum absolute atomic E-state index is 12.9. The molecule has 1 heterocycles. The van der Waals surface area contributed by atoms with Gasteiger partial charge in [-0.15, -0.1) is 0 Å². The van der Waals surface area contributed by atoms with Gasteiger partial charge in [0.1, 0.15) is 11.6 Å². The van der Waals surface area contributed by atoms with Gasteiger partial charge in [-0.3, -0.25) is 4.79 Å². The Morgan fingerprint density at radius 2 is 1.95 bits per heavy atom. The molecule has 0 spiro atoms. The Hall–Kier alpha value is -2.43. The summed E-state index contributed by atoms with van der Waals surface area (Å²) < 4.78 is 12.9. The van der Waals surface area contributed by atoms with E-state index >= 15 is 0 Å². The number of aromatic nitrogens is 1. The van der Waals surface area contributed by atoms with Crippen molar-refractivity contribution in [3.63, 3.8) is 0 Å².